The Kier molecular flexibility index (Phi) is 2.68. The van der Waals surface area contributed by atoms with Gasteiger partial charge in [-0.05, 0) is 6.42 Å². The van der Waals surface area contributed by atoms with Gasteiger partial charge in [-0.15, -0.1) is 0 Å². The molecule has 1 heterocycles. The first-order chi connectivity index (χ1) is 5.70. The molecule has 5 nitrogen and oxygen atoms in total. The Morgan fingerprint density at radius 3 is 3.00 bits per heavy atom. The van der Waals surface area contributed by atoms with Crippen LogP contribution in [0.25, 0.3) is 0 Å². The van der Waals surface area contributed by atoms with Gasteiger partial charge in [-0.3, -0.25) is 9.59 Å². The third kappa shape index (κ3) is 2.26. The largest absolute Gasteiger partial charge is 0.481 e. The topological polar surface area (TPSA) is 79.1 Å². The van der Waals surface area contributed by atoms with E-state index in [1.165, 1.54) is 12.6 Å². The molecular formula is C7H8N2O3. The minimum absolute atomic E-state index is 0.0298. The number of carbonyl (C=O) groups is 2. The van der Waals surface area contributed by atoms with E-state index in [0.29, 0.717) is 0 Å². The van der Waals surface area contributed by atoms with Crippen molar-refractivity contribution in [3.8, 4) is 0 Å². The van der Waals surface area contributed by atoms with Crippen LogP contribution in [-0.2, 0) is 9.59 Å². The second kappa shape index (κ2) is 3.75. The number of carboxylic acid groups (broad SMARTS) is 1. The monoisotopic (exact) mass is 168 g/mol. The molecule has 1 aliphatic rings. The van der Waals surface area contributed by atoms with E-state index in [4.69, 9.17) is 5.11 Å². The Balaban J connectivity index is 2.42. The van der Waals surface area contributed by atoms with Crippen LogP contribution in [0.15, 0.2) is 9.98 Å². The summed E-state index contributed by atoms with van der Waals surface area (Å²) in [5.41, 5.74) is 0. The van der Waals surface area contributed by atoms with Crippen LogP contribution < -0.4 is 0 Å². The van der Waals surface area contributed by atoms with E-state index in [-0.39, 0.29) is 18.7 Å². The maximum atomic E-state index is 10.9. The minimum Gasteiger partial charge on any atom is -0.481 e. The van der Waals surface area contributed by atoms with Gasteiger partial charge in [0.2, 0.25) is 0 Å². The molecule has 1 amide bonds. The average Bonchev–Trinajstić information content (AvgIpc) is 2.03. The molecule has 12 heavy (non-hydrogen) atoms. The number of rotatable bonds is 3. The van der Waals surface area contributed by atoms with E-state index in [0.717, 1.165) is 0 Å². The van der Waals surface area contributed by atoms with Gasteiger partial charge in [0.1, 0.15) is 6.34 Å². The molecule has 0 aromatic heterocycles. The second-order valence-corrected chi connectivity index (χ2v) is 2.42. The molecule has 1 rings (SSSR count). The van der Waals surface area contributed by atoms with E-state index in [9.17, 15) is 9.59 Å². The summed E-state index contributed by atoms with van der Waals surface area (Å²) in [5.74, 6) is -1.68. The predicted molar refractivity (Wildman–Crippen MR) is 42.4 cm³/mol. The van der Waals surface area contributed by atoms with Crippen LogP contribution in [0.1, 0.15) is 12.8 Å². The van der Waals surface area contributed by atoms with Crippen LogP contribution in [0.5, 0.6) is 0 Å². The van der Waals surface area contributed by atoms with Crippen LogP contribution in [0.4, 0.5) is 0 Å². The van der Waals surface area contributed by atoms with Crippen molar-refractivity contribution in [2.45, 2.75) is 12.8 Å². The van der Waals surface area contributed by atoms with Gasteiger partial charge in [-0.25, -0.2) is 9.98 Å². The van der Waals surface area contributed by atoms with Crippen molar-refractivity contribution in [3.63, 3.8) is 0 Å². The van der Waals surface area contributed by atoms with Gasteiger partial charge >= 0.3 is 5.97 Å². The molecule has 0 unspecified atom stereocenters. The lowest BCUT2D eigenvalue weighted by molar-refractivity contribution is -0.137. The second-order valence-electron chi connectivity index (χ2n) is 2.42. The Morgan fingerprint density at radius 2 is 2.42 bits per heavy atom. The van der Waals surface area contributed by atoms with Crippen molar-refractivity contribution in [2.75, 3.05) is 0 Å². The van der Waals surface area contributed by atoms with Crippen LogP contribution in [0, 0.1) is 5.92 Å². The molecule has 0 radical (unpaired) electrons. The Morgan fingerprint density at radius 1 is 1.67 bits per heavy atom. The van der Waals surface area contributed by atoms with Crippen molar-refractivity contribution in [3.05, 3.63) is 0 Å². The van der Waals surface area contributed by atoms with Crippen LogP contribution in [0.3, 0.4) is 0 Å². The first-order valence-electron chi connectivity index (χ1n) is 3.51. The summed E-state index contributed by atoms with van der Waals surface area (Å²) in [6, 6.07) is 0. The molecule has 64 valence electrons. The van der Waals surface area contributed by atoms with Crippen molar-refractivity contribution in [1.29, 1.82) is 0 Å². The van der Waals surface area contributed by atoms with Gasteiger partial charge in [-0.1, -0.05) is 0 Å². The summed E-state index contributed by atoms with van der Waals surface area (Å²) in [5, 5.41) is 8.34. The zero-order valence-electron chi connectivity index (χ0n) is 6.30. The molecule has 0 bridgehead atoms. The summed E-state index contributed by atoms with van der Waals surface area (Å²) >= 11 is 0. The Labute approximate surface area is 68.8 Å². The molecule has 5 heteroatoms. The maximum absolute atomic E-state index is 10.9. The minimum atomic E-state index is -0.911. The molecule has 0 aromatic rings. The third-order valence-corrected chi connectivity index (χ3v) is 1.50. The fourth-order valence-corrected chi connectivity index (χ4v) is 0.869. The first-order valence-corrected chi connectivity index (χ1v) is 3.51. The molecule has 1 N–H and O–H groups in total. The SMILES string of the molecule is O=C(O)CC[C@H]1C=NC=NC1=O. The van der Waals surface area contributed by atoms with E-state index in [1.54, 1.807) is 0 Å². The highest BCUT2D eigenvalue weighted by atomic mass is 16.4. The quantitative estimate of drug-likeness (QED) is 0.649. The van der Waals surface area contributed by atoms with Crippen LogP contribution in [0.2, 0.25) is 0 Å². The summed E-state index contributed by atoms with van der Waals surface area (Å²) in [4.78, 5) is 28.2. The number of carbonyl (C=O) groups excluding carboxylic acids is 1. The summed E-state index contributed by atoms with van der Waals surface area (Å²) in [6.45, 7) is 0. The molecule has 0 fully saturated rings. The van der Waals surface area contributed by atoms with Gasteiger partial charge in [-0.2, -0.15) is 0 Å². The average molecular weight is 168 g/mol. The van der Waals surface area contributed by atoms with Crippen molar-refractivity contribution in [2.24, 2.45) is 15.9 Å². The Hall–Kier alpha value is -1.52. The maximum Gasteiger partial charge on any atom is 0.303 e. The molecule has 0 saturated carbocycles. The lowest BCUT2D eigenvalue weighted by Gasteiger charge is -2.07. The number of nitrogens with zero attached hydrogens (tertiary/aromatic N) is 2. The fraction of sp³-hybridized carbons (Fsp3) is 0.429. The molecule has 0 spiro atoms. The zero-order valence-corrected chi connectivity index (χ0v) is 6.30. The molecule has 1 atom stereocenters. The van der Waals surface area contributed by atoms with Gasteiger partial charge in [0, 0.05) is 12.6 Å². The summed E-state index contributed by atoms with van der Waals surface area (Å²) in [6.07, 6.45) is 2.84. The lowest BCUT2D eigenvalue weighted by Crippen LogP contribution is -2.18. The van der Waals surface area contributed by atoms with E-state index < -0.39 is 11.9 Å². The first kappa shape index (κ1) is 8.58. The summed E-state index contributed by atoms with van der Waals surface area (Å²) in [7, 11) is 0. The number of aliphatic carboxylic acids is 1. The molecule has 0 aliphatic carbocycles. The molecule has 1 aliphatic heterocycles. The van der Waals surface area contributed by atoms with Crippen molar-refractivity contribution in [1.82, 2.24) is 0 Å². The highest BCUT2D eigenvalue weighted by Gasteiger charge is 2.17. The highest BCUT2D eigenvalue weighted by Crippen LogP contribution is 2.08. The van der Waals surface area contributed by atoms with Crippen LogP contribution >= 0.6 is 0 Å². The van der Waals surface area contributed by atoms with Crippen LogP contribution in [-0.4, -0.2) is 29.5 Å². The number of amides is 1. The zero-order chi connectivity index (χ0) is 8.97. The van der Waals surface area contributed by atoms with Gasteiger partial charge in [0.25, 0.3) is 5.91 Å². The smallest absolute Gasteiger partial charge is 0.303 e. The van der Waals surface area contributed by atoms with E-state index in [2.05, 4.69) is 9.98 Å². The summed E-state index contributed by atoms with van der Waals surface area (Å²) < 4.78 is 0. The number of carboxylic acids is 1. The van der Waals surface area contributed by atoms with Gasteiger partial charge < -0.3 is 5.11 Å². The standard InChI is InChI=1S/C7H8N2O3/c10-6(11)2-1-5-3-8-4-9-7(5)12/h3-5H,1-2H2,(H,10,11)/t5-/m0/s1. The third-order valence-electron chi connectivity index (χ3n) is 1.50. The van der Waals surface area contributed by atoms with E-state index >= 15 is 0 Å². The number of hydrogen-bond acceptors (Lipinski definition) is 3. The predicted octanol–water partition coefficient (Wildman–Crippen LogP) is 0.107. The fourth-order valence-electron chi connectivity index (χ4n) is 0.869. The molecule has 0 aromatic carbocycles. The molecule has 0 saturated heterocycles. The Bertz CT molecular complexity index is 257. The van der Waals surface area contributed by atoms with Crippen molar-refractivity contribution < 1.29 is 14.7 Å². The highest BCUT2D eigenvalue weighted by molar-refractivity contribution is 6.02. The van der Waals surface area contributed by atoms with Crippen molar-refractivity contribution >= 4 is 24.4 Å². The van der Waals surface area contributed by atoms with Gasteiger partial charge in [0.15, 0.2) is 0 Å². The number of hydrogen-bond donors (Lipinski definition) is 1. The normalized spacial score (nSPS) is 21.3. The van der Waals surface area contributed by atoms with E-state index in [1.807, 2.05) is 0 Å². The molecular weight excluding hydrogens is 160 g/mol. The van der Waals surface area contributed by atoms with Gasteiger partial charge in [0.05, 0.1) is 5.92 Å². The lowest BCUT2D eigenvalue weighted by atomic mass is 10.0. The number of aliphatic imine (C=N–C) groups is 2.